The summed E-state index contributed by atoms with van der Waals surface area (Å²) < 4.78 is 5.95. The summed E-state index contributed by atoms with van der Waals surface area (Å²) in [6, 6.07) is 30.4. The fourth-order valence-electron chi connectivity index (χ4n) is 4.95. The molecule has 1 unspecified atom stereocenters. The van der Waals surface area contributed by atoms with E-state index in [1.54, 1.807) is 7.11 Å². The van der Waals surface area contributed by atoms with Gasteiger partial charge in [-0.25, -0.2) is 0 Å². The molecule has 0 aromatic heterocycles. The molecule has 0 N–H and O–H groups in total. The van der Waals surface area contributed by atoms with Crippen LogP contribution in [-0.4, -0.2) is 7.11 Å². The second-order valence-electron chi connectivity index (χ2n) is 7.30. The van der Waals surface area contributed by atoms with Crippen molar-refractivity contribution in [2.75, 3.05) is 7.11 Å². The van der Waals surface area contributed by atoms with Gasteiger partial charge in [-0.05, 0) is 16.7 Å². The van der Waals surface area contributed by atoms with Crippen LogP contribution in [0.3, 0.4) is 0 Å². The first-order chi connectivity index (χ1) is 13.9. The van der Waals surface area contributed by atoms with E-state index in [4.69, 9.17) is 4.74 Å². The molecule has 0 heterocycles. The molecule has 3 aromatic carbocycles. The van der Waals surface area contributed by atoms with Crippen LogP contribution in [0.2, 0.25) is 0 Å². The summed E-state index contributed by atoms with van der Waals surface area (Å²) in [6.45, 7) is 0. The second kappa shape index (κ2) is 6.69. The average Bonchev–Trinajstić information content (AvgIpc) is 2.78. The van der Waals surface area contributed by atoms with E-state index in [1.807, 2.05) is 0 Å². The van der Waals surface area contributed by atoms with Gasteiger partial charge in [0.25, 0.3) is 0 Å². The van der Waals surface area contributed by atoms with E-state index in [2.05, 4.69) is 109 Å². The van der Waals surface area contributed by atoms with Crippen molar-refractivity contribution >= 4 is 5.76 Å². The van der Waals surface area contributed by atoms with Gasteiger partial charge in [0.1, 0.15) is 5.76 Å². The van der Waals surface area contributed by atoms with Crippen molar-refractivity contribution in [3.05, 3.63) is 137 Å². The summed E-state index contributed by atoms with van der Waals surface area (Å²) in [5.74, 6) is 1.14. The molecular formula is C27H22O. The third kappa shape index (κ3) is 2.26. The molecule has 0 fully saturated rings. The van der Waals surface area contributed by atoms with Crippen LogP contribution in [0, 0.1) is 5.92 Å². The minimum absolute atomic E-state index is 0.159. The van der Waals surface area contributed by atoms with E-state index >= 15 is 0 Å². The van der Waals surface area contributed by atoms with Crippen molar-refractivity contribution in [2.24, 2.45) is 5.92 Å². The molecule has 0 aliphatic heterocycles. The monoisotopic (exact) mass is 362 g/mol. The van der Waals surface area contributed by atoms with Gasteiger partial charge in [-0.15, -0.1) is 0 Å². The van der Waals surface area contributed by atoms with Crippen LogP contribution in [0.25, 0.3) is 5.76 Å². The Bertz CT molecular complexity index is 1050. The van der Waals surface area contributed by atoms with Crippen molar-refractivity contribution in [3.63, 3.8) is 0 Å². The number of hydrogen-bond donors (Lipinski definition) is 0. The highest BCUT2D eigenvalue weighted by atomic mass is 16.5. The van der Waals surface area contributed by atoms with Crippen molar-refractivity contribution in [2.45, 2.75) is 5.41 Å². The van der Waals surface area contributed by atoms with Gasteiger partial charge in [-0.2, -0.15) is 0 Å². The minimum atomic E-state index is -0.308. The van der Waals surface area contributed by atoms with Gasteiger partial charge in [0.05, 0.1) is 12.5 Å². The second-order valence-corrected chi connectivity index (χ2v) is 7.30. The van der Waals surface area contributed by atoms with Gasteiger partial charge in [-0.3, -0.25) is 0 Å². The van der Waals surface area contributed by atoms with Gasteiger partial charge in [0.15, 0.2) is 0 Å². The summed E-state index contributed by atoms with van der Waals surface area (Å²) in [5, 5.41) is 0. The lowest BCUT2D eigenvalue weighted by Gasteiger charge is -2.47. The molecule has 1 nitrogen and oxygen atoms in total. The molecule has 136 valence electrons. The molecule has 2 aliphatic rings. The van der Waals surface area contributed by atoms with Gasteiger partial charge in [-0.1, -0.05) is 109 Å². The highest BCUT2D eigenvalue weighted by molar-refractivity contribution is 5.78. The van der Waals surface area contributed by atoms with Crippen LogP contribution in [0.15, 0.2) is 115 Å². The largest absolute Gasteiger partial charge is 0.496 e. The summed E-state index contributed by atoms with van der Waals surface area (Å²) in [5.41, 5.74) is 5.98. The number of benzene rings is 3. The molecule has 0 spiro atoms. The first kappa shape index (κ1) is 16.8. The zero-order chi connectivity index (χ0) is 19.0. The van der Waals surface area contributed by atoms with E-state index in [9.17, 15) is 0 Å². The average molecular weight is 362 g/mol. The smallest absolute Gasteiger partial charge is 0.130 e. The van der Waals surface area contributed by atoms with Gasteiger partial charge < -0.3 is 4.74 Å². The van der Waals surface area contributed by atoms with Crippen LogP contribution >= 0.6 is 0 Å². The quantitative estimate of drug-likeness (QED) is 0.544. The summed E-state index contributed by atoms with van der Waals surface area (Å²) in [6.07, 6.45) is 8.81. The molecular weight excluding hydrogens is 340 g/mol. The topological polar surface area (TPSA) is 9.23 Å². The Balaban J connectivity index is 1.95. The van der Waals surface area contributed by atoms with Crippen LogP contribution in [0.5, 0.6) is 0 Å². The molecule has 5 rings (SSSR count). The Hall–Kier alpha value is -3.32. The number of rotatable bonds is 3. The molecule has 0 saturated carbocycles. The Morgan fingerprint density at radius 1 is 0.714 bits per heavy atom. The summed E-state index contributed by atoms with van der Waals surface area (Å²) in [7, 11) is 1.78. The molecule has 0 bridgehead atoms. The maximum Gasteiger partial charge on any atom is 0.130 e. The third-order valence-corrected chi connectivity index (χ3v) is 6.01. The SMILES string of the molecule is COC1=C2C=CC=CC2C(c2ccccc2)(c2ccccc2)c2ccccc21. The zero-order valence-electron chi connectivity index (χ0n) is 15.9. The third-order valence-electron chi connectivity index (χ3n) is 6.01. The molecule has 0 saturated heterocycles. The first-order valence-corrected chi connectivity index (χ1v) is 9.71. The number of methoxy groups -OCH3 is 1. The van der Waals surface area contributed by atoms with E-state index in [0.29, 0.717) is 0 Å². The summed E-state index contributed by atoms with van der Waals surface area (Å²) >= 11 is 0. The summed E-state index contributed by atoms with van der Waals surface area (Å²) in [4.78, 5) is 0. The predicted octanol–water partition coefficient (Wildman–Crippen LogP) is 6.13. The van der Waals surface area contributed by atoms with Crippen molar-refractivity contribution in [1.29, 1.82) is 0 Å². The molecule has 1 atom stereocenters. The fourth-order valence-corrected chi connectivity index (χ4v) is 4.95. The Morgan fingerprint density at radius 3 is 1.96 bits per heavy atom. The zero-order valence-corrected chi connectivity index (χ0v) is 15.9. The van der Waals surface area contributed by atoms with E-state index in [-0.39, 0.29) is 11.3 Å². The molecule has 0 amide bonds. The van der Waals surface area contributed by atoms with Crippen LogP contribution < -0.4 is 0 Å². The van der Waals surface area contributed by atoms with Crippen LogP contribution in [0.1, 0.15) is 22.3 Å². The highest BCUT2D eigenvalue weighted by Crippen LogP contribution is 2.55. The maximum atomic E-state index is 5.95. The van der Waals surface area contributed by atoms with E-state index in [0.717, 1.165) is 5.76 Å². The van der Waals surface area contributed by atoms with Crippen LogP contribution in [-0.2, 0) is 10.2 Å². The standard InChI is InChI=1S/C27H22O/c1-28-26-22-16-8-10-18-24(22)27(20-12-4-2-5-13-20,21-14-6-3-7-15-21)25-19-11-9-17-23(25)26/h2-19,24H,1H3. The molecule has 3 aromatic rings. The van der Waals surface area contributed by atoms with E-state index < -0.39 is 0 Å². The fraction of sp³-hybridized carbons (Fsp3) is 0.111. The lowest BCUT2D eigenvalue weighted by Crippen LogP contribution is -2.42. The molecule has 2 aliphatic carbocycles. The number of allylic oxidation sites excluding steroid dienone is 5. The predicted molar refractivity (Wildman–Crippen MR) is 115 cm³/mol. The van der Waals surface area contributed by atoms with Gasteiger partial charge >= 0.3 is 0 Å². The lowest BCUT2D eigenvalue weighted by molar-refractivity contribution is 0.351. The maximum absolute atomic E-state index is 5.95. The molecule has 0 radical (unpaired) electrons. The lowest BCUT2D eigenvalue weighted by atomic mass is 9.55. The van der Waals surface area contributed by atoms with Crippen molar-refractivity contribution in [3.8, 4) is 0 Å². The molecule has 28 heavy (non-hydrogen) atoms. The number of fused-ring (bicyclic) bond motifs is 2. The van der Waals surface area contributed by atoms with Crippen molar-refractivity contribution < 1.29 is 4.74 Å². The highest BCUT2D eigenvalue weighted by Gasteiger charge is 2.49. The first-order valence-electron chi connectivity index (χ1n) is 9.71. The van der Waals surface area contributed by atoms with Gasteiger partial charge in [0.2, 0.25) is 0 Å². The van der Waals surface area contributed by atoms with Crippen molar-refractivity contribution in [1.82, 2.24) is 0 Å². The Labute approximate surface area is 166 Å². The number of ether oxygens (including phenoxy) is 1. The Kier molecular flexibility index (Phi) is 4.02. The molecule has 1 heteroatoms. The van der Waals surface area contributed by atoms with E-state index in [1.165, 1.54) is 27.8 Å². The number of hydrogen-bond acceptors (Lipinski definition) is 1. The normalized spacial score (nSPS) is 19.1. The van der Waals surface area contributed by atoms with Crippen LogP contribution in [0.4, 0.5) is 0 Å². The van der Waals surface area contributed by atoms with Gasteiger partial charge in [0, 0.05) is 17.1 Å². The Morgan fingerprint density at radius 2 is 1.32 bits per heavy atom. The minimum Gasteiger partial charge on any atom is -0.496 e.